The van der Waals surface area contributed by atoms with E-state index in [4.69, 9.17) is 4.74 Å². The first-order valence-electron chi connectivity index (χ1n) is 8.43. The number of hydrogen-bond acceptors (Lipinski definition) is 5. The molecule has 0 aliphatic carbocycles. The number of nitrogens with zero attached hydrogens (tertiary/aromatic N) is 1. The highest BCUT2D eigenvalue weighted by atomic mass is 16.6. The molecule has 0 bridgehead atoms. The van der Waals surface area contributed by atoms with Crippen LogP contribution in [0.1, 0.15) is 30.7 Å². The number of carbonyl (C=O) groups is 1. The number of rotatable bonds is 3. The lowest BCUT2D eigenvalue weighted by Gasteiger charge is -2.32. The van der Waals surface area contributed by atoms with Gasteiger partial charge < -0.3 is 20.1 Å². The second-order valence-electron chi connectivity index (χ2n) is 6.56. The largest absolute Gasteiger partial charge is 0.356 e. The number of nitrogens with one attached hydrogen (secondary N) is 2. The van der Waals surface area contributed by atoms with Gasteiger partial charge in [0.05, 0.1) is 12.0 Å². The second-order valence-corrected chi connectivity index (χ2v) is 6.56. The lowest BCUT2D eigenvalue weighted by molar-refractivity contribution is -0.123. The average Bonchev–Trinajstić information content (AvgIpc) is 3.11. The Bertz CT molecular complexity index is 588. The quantitative estimate of drug-likeness (QED) is 0.758. The Morgan fingerprint density at radius 1 is 1.26 bits per heavy atom. The third-order valence-electron chi connectivity index (χ3n) is 5.12. The molecule has 6 heteroatoms. The molecule has 1 aromatic rings. The van der Waals surface area contributed by atoms with Gasteiger partial charge in [-0.1, -0.05) is 18.2 Å². The highest BCUT2D eigenvalue weighted by Crippen LogP contribution is 2.42. The van der Waals surface area contributed by atoms with E-state index in [0.29, 0.717) is 13.0 Å². The second kappa shape index (κ2) is 6.20. The van der Waals surface area contributed by atoms with Crippen LogP contribution in [-0.4, -0.2) is 49.2 Å². The Morgan fingerprint density at radius 2 is 2.04 bits per heavy atom. The number of aliphatic hydroxyl groups is 1. The molecule has 3 atom stereocenters. The molecule has 1 aromatic carbocycles. The highest BCUT2D eigenvalue weighted by molar-refractivity contribution is 6.05. The number of amides is 1. The van der Waals surface area contributed by atoms with Crippen LogP contribution in [0.15, 0.2) is 24.3 Å². The summed E-state index contributed by atoms with van der Waals surface area (Å²) >= 11 is 0. The van der Waals surface area contributed by atoms with E-state index in [1.807, 2.05) is 17.0 Å². The standard InChI is InChI=1S/C17H23N3O3/c21-16-14(9-12-10-19-17(22)23-12)13-3-1-2-4-15(13)20(16)11-5-7-18-8-6-11/h1-4,11-12,14,17-19,22H,5-10H2. The topological polar surface area (TPSA) is 73.8 Å². The molecule has 1 amide bonds. The van der Waals surface area contributed by atoms with Gasteiger partial charge in [-0.25, -0.2) is 0 Å². The normalized spacial score (nSPS) is 31.6. The van der Waals surface area contributed by atoms with Gasteiger partial charge >= 0.3 is 0 Å². The van der Waals surface area contributed by atoms with Crippen molar-refractivity contribution in [2.75, 3.05) is 24.5 Å². The molecule has 3 unspecified atom stereocenters. The van der Waals surface area contributed by atoms with Gasteiger partial charge in [0.25, 0.3) is 0 Å². The number of aliphatic hydroxyl groups excluding tert-OH is 1. The zero-order valence-corrected chi connectivity index (χ0v) is 13.1. The van der Waals surface area contributed by atoms with E-state index in [-0.39, 0.29) is 24.0 Å². The van der Waals surface area contributed by atoms with Crippen LogP contribution in [-0.2, 0) is 9.53 Å². The first-order valence-corrected chi connectivity index (χ1v) is 8.43. The van der Waals surface area contributed by atoms with E-state index in [9.17, 15) is 9.90 Å². The summed E-state index contributed by atoms with van der Waals surface area (Å²) in [5, 5.41) is 15.7. The molecule has 0 radical (unpaired) electrons. The Labute approximate surface area is 135 Å². The third kappa shape index (κ3) is 2.76. The molecular formula is C17H23N3O3. The van der Waals surface area contributed by atoms with Gasteiger partial charge in [-0.3, -0.25) is 10.1 Å². The van der Waals surface area contributed by atoms with Crippen LogP contribution >= 0.6 is 0 Å². The predicted molar refractivity (Wildman–Crippen MR) is 86.1 cm³/mol. The van der Waals surface area contributed by atoms with Crippen LogP contribution in [0.3, 0.4) is 0 Å². The zero-order valence-electron chi connectivity index (χ0n) is 13.1. The maximum Gasteiger partial charge on any atom is 0.234 e. The van der Waals surface area contributed by atoms with Gasteiger partial charge in [0.15, 0.2) is 0 Å². The summed E-state index contributed by atoms with van der Waals surface area (Å²) in [5.74, 6) is 0.0151. The van der Waals surface area contributed by atoms with Crippen molar-refractivity contribution >= 4 is 11.6 Å². The molecule has 124 valence electrons. The van der Waals surface area contributed by atoms with E-state index in [1.54, 1.807) is 0 Å². The number of ether oxygens (including phenoxy) is 1. The van der Waals surface area contributed by atoms with Gasteiger partial charge in [-0.15, -0.1) is 0 Å². The molecule has 0 aromatic heterocycles. The van der Waals surface area contributed by atoms with Gasteiger partial charge in [0.1, 0.15) is 0 Å². The molecule has 3 aliphatic heterocycles. The molecule has 3 aliphatic rings. The van der Waals surface area contributed by atoms with Crippen molar-refractivity contribution in [3.8, 4) is 0 Å². The molecule has 3 heterocycles. The SMILES string of the molecule is O=C1C(CC2CNC(O)O2)c2ccccc2N1C1CCNCC1. The number of benzene rings is 1. The highest BCUT2D eigenvalue weighted by Gasteiger charge is 2.42. The van der Waals surface area contributed by atoms with Crippen LogP contribution in [0.2, 0.25) is 0 Å². The van der Waals surface area contributed by atoms with Crippen LogP contribution in [0.5, 0.6) is 0 Å². The molecular weight excluding hydrogens is 294 g/mol. The Hall–Kier alpha value is -1.47. The molecule has 6 nitrogen and oxygen atoms in total. The summed E-state index contributed by atoms with van der Waals surface area (Å²) in [6.45, 7) is 2.51. The number of fused-ring (bicyclic) bond motifs is 1. The third-order valence-corrected chi connectivity index (χ3v) is 5.12. The Morgan fingerprint density at radius 3 is 2.78 bits per heavy atom. The molecule has 2 saturated heterocycles. The molecule has 23 heavy (non-hydrogen) atoms. The molecule has 0 spiro atoms. The van der Waals surface area contributed by atoms with Crippen LogP contribution in [0.4, 0.5) is 5.69 Å². The van der Waals surface area contributed by atoms with Gasteiger partial charge in [-0.2, -0.15) is 0 Å². The average molecular weight is 317 g/mol. The summed E-state index contributed by atoms with van der Waals surface area (Å²) in [6, 6.07) is 8.38. The fourth-order valence-electron chi connectivity index (χ4n) is 4.00. The maximum absolute atomic E-state index is 13.1. The Kier molecular flexibility index (Phi) is 4.07. The predicted octanol–water partition coefficient (Wildman–Crippen LogP) is 0.523. The number of anilines is 1. The number of carbonyl (C=O) groups excluding carboxylic acids is 1. The molecule has 4 rings (SSSR count). The van der Waals surface area contributed by atoms with Crippen molar-refractivity contribution in [1.82, 2.24) is 10.6 Å². The first-order chi connectivity index (χ1) is 11.2. The summed E-state index contributed by atoms with van der Waals surface area (Å²) in [6.07, 6.45) is 1.56. The van der Waals surface area contributed by atoms with Crippen LogP contribution < -0.4 is 15.5 Å². The molecule has 0 saturated carbocycles. The summed E-state index contributed by atoms with van der Waals surface area (Å²) in [4.78, 5) is 15.1. The fraction of sp³-hybridized carbons (Fsp3) is 0.588. The maximum atomic E-state index is 13.1. The van der Waals surface area contributed by atoms with Gasteiger partial charge in [0, 0.05) is 18.3 Å². The van der Waals surface area contributed by atoms with E-state index < -0.39 is 6.41 Å². The van der Waals surface area contributed by atoms with Crippen LogP contribution in [0, 0.1) is 0 Å². The van der Waals surface area contributed by atoms with Crippen molar-refractivity contribution in [3.63, 3.8) is 0 Å². The minimum Gasteiger partial charge on any atom is -0.356 e. The molecule has 2 fully saturated rings. The van der Waals surface area contributed by atoms with E-state index in [2.05, 4.69) is 22.8 Å². The lowest BCUT2D eigenvalue weighted by Crippen LogP contribution is -2.45. The minimum absolute atomic E-state index is 0.125. The summed E-state index contributed by atoms with van der Waals surface area (Å²) in [7, 11) is 0. The summed E-state index contributed by atoms with van der Waals surface area (Å²) in [5.41, 5.74) is 2.15. The number of piperidine rings is 1. The van der Waals surface area contributed by atoms with Crippen molar-refractivity contribution in [1.29, 1.82) is 0 Å². The van der Waals surface area contributed by atoms with Crippen molar-refractivity contribution in [2.45, 2.75) is 43.7 Å². The van der Waals surface area contributed by atoms with E-state index in [0.717, 1.165) is 37.2 Å². The van der Waals surface area contributed by atoms with Crippen molar-refractivity contribution in [3.05, 3.63) is 29.8 Å². The number of para-hydroxylation sites is 1. The van der Waals surface area contributed by atoms with Gasteiger partial charge in [0.2, 0.25) is 12.3 Å². The lowest BCUT2D eigenvalue weighted by atomic mass is 9.94. The molecule has 3 N–H and O–H groups in total. The van der Waals surface area contributed by atoms with Crippen molar-refractivity contribution < 1.29 is 14.6 Å². The zero-order chi connectivity index (χ0) is 15.8. The van der Waals surface area contributed by atoms with Crippen molar-refractivity contribution in [2.24, 2.45) is 0 Å². The Balaban J connectivity index is 1.59. The van der Waals surface area contributed by atoms with E-state index in [1.165, 1.54) is 0 Å². The fourth-order valence-corrected chi connectivity index (χ4v) is 4.00. The monoisotopic (exact) mass is 317 g/mol. The first kappa shape index (κ1) is 15.1. The van der Waals surface area contributed by atoms with Crippen LogP contribution in [0.25, 0.3) is 0 Å². The van der Waals surface area contributed by atoms with E-state index >= 15 is 0 Å². The van der Waals surface area contributed by atoms with Gasteiger partial charge in [-0.05, 0) is 44.0 Å². The number of hydrogen-bond donors (Lipinski definition) is 3. The minimum atomic E-state index is -0.910. The smallest absolute Gasteiger partial charge is 0.234 e. The summed E-state index contributed by atoms with van der Waals surface area (Å²) < 4.78 is 5.43.